The van der Waals surface area contributed by atoms with Crippen LogP contribution >= 0.6 is 23.4 Å². The smallest absolute Gasteiger partial charge is 0.262 e. The molecule has 0 spiro atoms. The predicted molar refractivity (Wildman–Crippen MR) is 88.1 cm³/mol. The fourth-order valence-corrected chi connectivity index (χ4v) is 8.72. The lowest BCUT2D eigenvalue weighted by Gasteiger charge is -2.36. The predicted octanol–water partition coefficient (Wildman–Crippen LogP) is 1.51. The van der Waals surface area contributed by atoms with Crippen molar-refractivity contribution >= 4 is 44.3 Å². The minimum atomic E-state index is -2.97. The van der Waals surface area contributed by atoms with Crippen LogP contribution in [0, 0.1) is 11.8 Å². The first-order valence-electron chi connectivity index (χ1n) is 7.80. The van der Waals surface area contributed by atoms with Gasteiger partial charge in [-0.05, 0) is 31.1 Å². The van der Waals surface area contributed by atoms with Crippen LogP contribution in [-0.4, -0.2) is 59.1 Å². The van der Waals surface area contributed by atoms with Crippen molar-refractivity contribution in [3.05, 3.63) is 0 Å². The van der Waals surface area contributed by atoms with Crippen molar-refractivity contribution in [3.63, 3.8) is 0 Å². The Bertz CT molecular complexity index is 636. The molecule has 2 saturated carbocycles. The molecule has 2 aliphatic heterocycles. The van der Waals surface area contributed by atoms with Crippen LogP contribution < -0.4 is 0 Å². The summed E-state index contributed by atoms with van der Waals surface area (Å²) < 4.78 is 24.0. The summed E-state index contributed by atoms with van der Waals surface area (Å²) in [5.41, 5.74) is 0. The third-order valence-electron chi connectivity index (χ3n) is 5.50. The van der Waals surface area contributed by atoms with E-state index in [0.717, 1.165) is 12.3 Å². The Morgan fingerprint density at radius 1 is 1.27 bits per heavy atom. The van der Waals surface area contributed by atoms with Gasteiger partial charge >= 0.3 is 0 Å². The highest BCUT2D eigenvalue weighted by atomic mass is 35.5. The summed E-state index contributed by atoms with van der Waals surface area (Å²) in [6.07, 6.45) is 4.87. The number of rotatable bonds is 2. The molecule has 122 valence electrons. The van der Waals surface area contributed by atoms with Crippen molar-refractivity contribution in [2.75, 3.05) is 17.4 Å². The molecule has 0 aromatic rings. The van der Waals surface area contributed by atoms with E-state index in [1.54, 1.807) is 0 Å². The van der Waals surface area contributed by atoms with Gasteiger partial charge in [-0.2, -0.15) is 4.99 Å². The van der Waals surface area contributed by atoms with E-state index in [2.05, 4.69) is 9.89 Å². The Kier molecular flexibility index (Phi) is 3.73. The van der Waals surface area contributed by atoms with Gasteiger partial charge in [0.05, 0.1) is 17.5 Å². The van der Waals surface area contributed by atoms with Crippen LogP contribution in [0.15, 0.2) is 4.99 Å². The highest BCUT2D eigenvalue weighted by Gasteiger charge is 2.54. The Balaban J connectivity index is 1.66. The average Bonchev–Trinajstić information content (AvgIpc) is 3.17. The number of carbonyl (C=O) groups excluding carboxylic acids is 1. The lowest BCUT2D eigenvalue weighted by Crippen LogP contribution is -2.47. The summed E-state index contributed by atoms with van der Waals surface area (Å²) in [4.78, 5) is 18.0. The third-order valence-corrected chi connectivity index (χ3v) is 8.95. The van der Waals surface area contributed by atoms with E-state index in [1.165, 1.54) is 31.0 Å². The monoisotopic (exact) mass is 362 g/mol. The number of carbonyl (C=O) groups is 1. The Hall–Kier alpha value is -0.270. The summed E-state index contributed by atoms with van der Waals surface area (Å²) >= 11 is 7.05. The Labute approximate surface area is 139 Å². The number of halogens is 1. The first-order valence-corrected chi connectivity index (χ1v) is 11.0. The second kappa shape index (κ2) is 5.38. The molecule has 4 aliphatic rings. The molecule has 2 bridgehead atoms. The highest BCUT2D eigenvalue weighted by molar-refractivity contribution is 8.15. The molecule has 2 saturated heterocycles. The molecule has 2 heterocycles. The van der Waals surface area contributed by atoms with Gasteiger partial charge < -0.3 is 4.90 Å². The number of fused-ring (bicyclic) bond motifs is 3. The molecular weight excluding hydrogens is 344 g/mol. The van der Waals surface area contributed by atoms with Crippen LogP contribution in [0.25, 0.3) is 0 Å². The number of hydrogen-bond donors (Lipinski definition) is 0. The molecule has 0 aromatic carbocycles. The lowest BCUT2D eigenvalue weighted by atomic mass is 9.93. The minimum absolute atomic E-state index is 0.0128. The Morgan fingerprint density at radius 3 is 2.73 bits per heavy atom. The molecule has 5 nitrogen and oxygen atoms in total. The fraction of sp³-hybridized carbons (Fsp3) is 0.857. The first kappa shape index (κ1) is 15.3. The molecule has 8 heteroatoms. The number of sulfone groups is 1. The normalized spacial score (nSPS) is 44.0. The van der Waals surface area contributed by atoms with Crippen LogP contribution in [0.3, 0.4) is 0 Å². The van der Waals surface area contributed by atoms with Crippen LogP contribution in [0.5, 0.6) is 0 Å². The quantitative estimate of drug-likeness (QED) is 0.696. The second-order valence-electron chi connectivity index (χ2n) is 6.87. The summed E-state index contributed by atoms with van der Waals surface area (Å²) in [6.45, 7) is 0. The zero-order valence-electron chi connectivity index (χ0n) is 12.2. The third kappa shape index (κ3) is 2.49. The molecule has 22 heavy (non-hydrogen) atoms. The van der Waals surface area contributed by atoms with Crippen molar-refractivity contribution in [2.24, 2.45) is 16.8 Å². The molecule has 4 fully saturated rings. The lowest BCUT2D eigenvalue weighted by molar-refractivity contribution is -0.115. The maximum Gasteiger partial charge on any atom is 0.262 e. The second-order valence-corrected chi connectivity index (χ2v) is 10.5. The summed E-state index contributed by atoms with van der Waals surface area (Å²) in [5.74, 6) is 1.34. The van der Waals surface area contributed by atoms with Crippen molar-refractivity contribution in [1.29, 1.82) is 0 Å². The molecule has 0 aromatic heterocycles. The number of aliphatic imine (C=N–C) groups is 1. The minimum Gasteiger partial charge on any atom is -0.343 e. The van der Waals surface area contributed by atoms with Gasteiger partial charge in [0, 0.05) is 11.3 Å². The zero-order chi connectivity index (χ0) is 15.5. The number of alkyl halides is 1. The van der Waals surface area contributed by atoms with Crippen LogP contribution in [0.1, 0.15) is 25.7 Å². The van der Waals surface area contributed by atoms with Gasteiger partial charge in [-0.1, -0.05) is 18.2 Å². The van der Waals surface area contributed by atoms with Gasteiger partial charge in [-0.3, -0.25) is 4.79 Å². The maximum atomic E-state index is 12.0. The molecule has 1 amide bonds. The average molecular weight is 363 g/mol. The number of amides is 1. The van der Waals surface area contributed by atoms with Crippen LogP contribution in [0.2, 0.25) is 0 Å². The molecule has 0 N–H and O–H groups in total. The van der Waals surface area contributed by atoms with E-state index in [1.807, 2.05) is 0 Å². The SMILES string of the molecule is O=C(CCl)N=C1S[C@@H]2CS(=O)(=O)C[C@@H]2N1[C@@H]1C[C@H]2CC[C@H]1C2. The summed E-state index contributed by atoms with van der Waals surface area (Å²) in [5, 5.41) is 0.735. The van der Waals surface area contributed by atoms with Crippen molar-refractivity contribution in [2.45, 2.75) is 43.0 Å². The van der Waals surface area contributed by atoms with E-state index in [0.29, 0.717) is 17.1 Å². The van der Waals surface area contributed by atoms with Crippen molar-refractivity contribution in [3.8, 4) is 0 Å². The fourth-order valence-electron chi connectivity index (χ4n) is 4.67. The van der Waals surface area contributed by atoms with Crippen molar-refractivity contribution in [1.82, 2.24) is 4.90 Å². The van der Waals surface area contributed by atoms with Gasteiger partial charge in [0.15, 0.2) is 15.0 Å². The number of thioether (sulfide) groups is 1. The van der Waals surface area contributed by atoms with E-state index in [9.17, 15) is 13.2 Å². The highest BCUT2D eigenvalue weighted by Crippen LogP contribution is 2.51. The molecule has 5 atom stereocenters. The van der Waals surface area contributed by atoms with Gasteiger partial charge in [0.2, 0.25) is 0 Å². The van der Waals surface area contributed by atoms with Gasteiger partial charge in [-0.25, -0.2) is 8.42 Å². The van der Waals surface area contributed by atoms with Gasteiger partial charge in [0.25, 0.3) is 5.91 Å². The van der Waals surface area contributed by atoms with Gasteiger partial charge in [0.1, 0.15) is 5.88 Å². The standard InChI is InChI=1S/C14H19ClN2O3S2/c15-5-13(18)16-14-17(10-4-8-1-2-9(10)3-8)11-6-22(19,20)7-12(11)21-14/h8-12H,1-7H2/t8-,9-,10+,11-,12+/m0/s1. The van der Waals surface area contributed by atoms with E-state index < -0.39 is 9.84 Å². The molecule has 2 aliphatic carbocycles. The Morgan fingerprint density at radius 2 is 2.09 bits per heavy atom. The van der Waals surface area contributed by atoms with Crippen molar-refractivity contribution < 1.29 is 13.2 Å². The molecule has 0 radical (unpaired) electrons. The molecule has 4 rings (SSSR count). The van der Waals surface area contributed by atoms with E-state index >= 15 is 0 Å². The van der Waals surface area contributed by atoms with E-state index in [-0.39, 0.29) is 34.6 Å². The molecule has 0 unspecified atom stereocenters. The number of amidine groups is 1. The number of hydrogen-bond acceptors (Lipinski definition) is 4. The van der Waals surface area contributed by atoms with E-state index in [4.69, 9.17) is 11.6 Å². The van der Waals surface area contributed by atoms with Gasteiger partial charge in [-0.15, -0.1) is 11.6 Å². The number of nitrogens with zero attached hydrogens (tertiary/aromatic N) is 2. The topological polar surface area (TPSA) is 66.8 Å². The zero-order valence-corrected chi connectivity index (χ0v) is 14.5. The summed E-state index contributed by atoms with van der Waals surface area (Å²) in [7, 11) is -2.97. The maximum absolute atomic E-state index is 12.0. The molecular formula is C14H19ClN2O3S2. The first-order chi connectivity index (χ1) is 10.5. The largest absolute Gasteiger partial charge is 0.343 e. The van der Waals surface area contributed by atoms with Crippen LogP contribution in [-0.2, 0) is 14.6 Å². The van der Waals surface area contributed by atoms with Crippen LogP contribution in [0.4, 0.5) is 0 Å². The summed E-state index contributed by atoms with van der Waals surface area (Å²) in [6, 6.07) is 0.345.